The second-order valence-electron chi connectivity index (χ2n) is 9.69. The number of hydrogen-bond donors (Lipinski definition) is 1. The lowest BCUT2D eigenvalue weighted by molar-refractivity contribution is -0.126. The molecule has 4 heterocycles. The van der Waals surface area contributed by atoms with Crippen LogP contribution >= 0.6 is 0 Å². The number of fused-ring (bicyclic) bond motifs is 1. The molecule has 1 aliphatic heterocycles. The van der Waals surface area contributed by atoms with Crippen molar-refractivity contribution in [1.82, 2.24) is 24.8 Å². The van der Waals surface area contributed by atoms with E-state index in [0.717, 1.165) is 22.3 Å². The molecular formula is C32H26FN5O3. The van der Waals surface area contributed by atoms with E-state index in [4.69, 9.17) is 4.74 Å². The number of pyridine rings is 1. The van der Waals surface area contributed by atoms with Crippen molar-refractivity contribution in [3.8, 4) is 17.1 Å². The number of aromatic nitrogens is 4. The van der Waals surface area contributed by atoms with E-state index < -0.39 is 11.7 Å². The minimum Gasteiger partial charge on any atom is -0.494 e. The number of rotatable bonds is 6. The zero-order valence-corrected chi connectivity index (χ0v) is 22.3. The number of carbonyl (C=O) groups is 2. The van der Waals surface area contributed by atoms with Crippen molar-refractivity contribution in [3.05, 3.63) is 114 Å². The Bertz CT molecular complexity index is 1770. The quantitative estimate of drug-likeness (QED) is 0.223. The SMILES string of the molecule is COc1cnc(-c2cnccn2)c2[nH]cc(C(=O)C(=O)N3CCC(=C(c4ccccc4)c4cccc(F)c4)CC3)c12. The Kier molecular flexibility index (Phi) is 7.08. The van der Waals surface area contributed by atoms with Crippen LogP contribution in [0.25, 0.3) is 27.9 Å². The predicted molar refractivity (Wildman–Crippen MR) is 153 cm³/mol. The van der Waals surface area contributed by atoms with Crippen LogP contribution in [-0.4, -0.2) is 56.7 Å². The molecule has 6 rings (SSSR count). The predicted octanol–water partition coefficient (Wildman–Crippen LogP) is 5.47. The number of benzene rings is 2. The van der Waals surface area contributed by atoms with Crippen molar-refractivity contribution >= 4 is 28.2 Å². The molecule has 204 valence electrons. The van der Waals surface area contributed by atoms with Gasteiger partial charge in [0.05, 0.1) is 36.0 Å². The lowest BCUT2D eigenvalue weighted by Gasteiger charge is -2.30. The maximum absolute atomic E-state index is 14.2. The van der Waals surface area contributed by atoms with Gasteiger partial charge in [0.25, 0.3) is 11.7 Å². The van der Waals surface area contributed by atoms with Gasteiger partial charge in [0.15, 0.2) is 0 Å². The van der Waals surface area contributed by atoms with Gasteiger partial charge >= 0.3 is 0 Å². The van der Waals surface area contributed by atoms with Crippen LogP contribution < -0.4 is 4.74 Å². The molecule has 8 nitrogen and oxygen atoms in total. The van der Waals surface area contributed by atoms with Crippen LogP contribution in [0, 0.1) is 5.82 Å². The number of methoxy groups -OCH3 is 1. The first-order chi connectivity index (χ1) is 20.0. The summed E-state index contributed by atoms with van der Waals surface area (Å²) in [5.41, 5.74) is 5.63. The molecule has 3 aromatic heterocycles. The van der Waals surface area contributed by atoms with Crippen molar-refractivity contribution in [2.75, 3.05) is 20.2 Å². The minimum atomic E-state index is -0.633. The lowest BCUT2D eigenvalue weighted by atomic mass is 9.88. The van der Waals surface area contributed by atoms with Crippen LogP contribution in [0.15, 0.2) is 91.2 Å². The van der Waals surface area contributed by atoms with E-state index in [0.29, 0.717) is 54.0 Å². The van der Waals surface area contributed by atoms with Gasteiger partial charge in [0.2, 0.25) is 0 Å². The molecule has 1 fully saturated rings. The van der Waals surface area contributed by atoms with E-state index in [1.807, 2.05) is 36.4 Å². The molecular weight excluding hydrogens is 521 g/mol. The van der Waals surface area contributed by atoms with Gasteiger partial charge in [-0.1, -0.05) is 48.0 Å². The van der Waals surface area contributed by atoms with E-state index in [1.54, 1.807) is 29.6 Å². The highest BCUT2D eigenvalue weighted by molar-refractivity contribution is 6.45. The molecule has 0 spiro atoms. The number of ketones is 1. The fourth-order valence-corrected chi connectivity index (χ4v) is 5.38. The summed E-state index contributed by atoms with van der Waals surface area (Å²) >= 11 is 0. The summed E-state index contributed by atoms with van der Waals surface area (Å²) in [4.78, 5) is 44.6. The summed E-state index contributed by atoms with van der Waals surface area (Å²) < 4.78 is 19.7. The molecule has 1 N–H and O–H groups in total. The Morgan fingerprint density at radius 3 is 2.44 bits per heavy atom. The molecule has 2 aromatic carbocycles. The standard InChI is InChI=1S/C32H26FN5O3/c1-41-26-19-37-29(25-18-34-12-13-35-25)30-28(26)24(17-36-30)31(39)32(40)38-14-10-21(11-15-38)27(20-6-3-2-4-7-20)22-8-5-9-23(33)16-22/h2-9,12-13,16-19,36H,10-11,14-15H2,1H3. The second kappa shape index (κ2) is 11.1. The molecule has 1 amide bonds. The molecule has 5 aromatic rings. The maximum Gasteiger partial charge on any atom is 0.295 e. The molecule has 0 bridgehead atoms. The average Bonchev–Trinajstić information content (AvgIpc) is 3.47. The topological polar surface area (TPSA) is 101 Å². The normalized spacial score (nSPS) is 13.3. The molecule has 0 unspecified atom stereocenters. The molecule has 0 saturated carbocycles. The number of piperidine rings is 1. The van der Waals surface area contributed by atoms with Gasteiger partial charge in [0.1, 0.15) is 23.0 Å². The van der Waals surface area contributed by atoms with Crippen LogP contribution in [-0.2, 0) is 4.79 Å². The number of amides is 1. The molecule has 0 radical (unpaired) electrons. The first kappa shape index (κ1) is 26.1. The number of aromatic amines is 1. The summed E-state index contributed by atoms with van der Waals surface area (Å²) in [7, 11) is 1.49. The first-order valence-corrected chi connectivity index (χ1v) is 13.2. The number of carbonyl (C=O) groups excluding carboxylic acids is 2. The van der Waals surface area contributed by atoms with E-state index >= 15 is 0 Å². The van der Waals surface area contributed by atoms with Crippen molar-refractivity contribution < 1.29 is 18.7 Å². The highest BCUT2D eigenvalue weighted by atomic mass is 19.1. The van der Waals surface area contributed by atoms with E-state index in [-0.39, 0.29) is 11.4 Å². The third-order valence-corrected chi connectivity index (χ3v) is 7.32. The number of halogens is 1. The Labute approximate surface area is 235 Å². The summed E-state index contributed by atoms with van der Waals surface area (Å²) in [6.07, 6.45) is 8.86. The van der Waals surface area contributed by atoms with Crippen molar-refractivity contribution in [2.45, 2.75) is 12.8 Å². The minimum absolute atomic E-state index is 0.209. The van der Waals surface area contributed by atoms with Gasteiger partial charge in [-0.2, -0.15) is 0 Å². The van der Waals surface area contributed by atoms with Crippen LogP contribution in [0.4, 0.5) is 4.39 Å². The highest BCUT2D eigenvalue weighted by Crippen LogP contribution is 2.35. The second-order valence-corrected chi connectivity index (χ2v) is 9.69. The van der Waals surface area contributed by atoms with E-state index in [1.165, 1.54) is 31.6 Å². The molecule has 9 heteroatoms. The average molecular weight is 548 g/mol. The van der Waals surface area contributed by atoms with Gasteiger partial charge in [0, 0.05) is 31.7 Å². The monoisotopic (exact) mass is 547 g/mol. The third kappa shape index (κ3) is 4.98. The Morgan fingerprint density at radius 2 is 1.73 bits per heavy atom. The van der Waals surface area contributed by atoms with Gasteiger partial charge in [-0.25, -0.2) is 9.37 Å². The summed E-state index contributed by atoms with van der Waals surface area (Å²) in [5, 5.41) is 0.469. The molecule has 0 aliphatic carbocycles. The number of ether oxygens (including phenoxy) is 1. The number of H-pyrrole nitrogens is 1. The summed E-state index contributed by atoms with van der Waals surface area (Å²) in [5.74, 6) is -1.15. The zero-order chi connectivity index (χ0) is 28.3. The lowest BCUT2D eigenvalue weighted by Crippen LogP contribution is -2.40. The van der Waals surface area contributed by atoms with Gasteiger partial charge in [-0.05, 0) is 41.7 Å². The van der Waals surface area contributed by atoms with Crippen molar-refractivity contribution in [1.29, 1.82) is 0 Å². The number of Topliss-reactive ketones (excluding diaryl/α,β-unsaturated/α-hetero) is 1. The smallest absolute Gasteiger partial charge is 0.295 e. The molecule has 0 atom stereocenters. The van der Waals surface area contributed by atoms with Crippen LogP contribution in [0.3, 0.4) is 0 Å². The van der Waals surface area contributed by atoms with Gasteiger partial charge in [-0.15, -0.1) is 0 Å². The molecule has 1 aliphatic rings. The number of hydrogen-bond acceptors (Lipinski definition) is 6. The third-order valence-electron chi connectivity index (χ3n) is 7.32. The highest BCUT2D eigenvalue weighted by Gasteiger charge is 2.30. The Morgan fingerprint density at radius 1 is 0.951 bits per heavy atom. The zero-order valence-electron chi connectivity index (χ0n) is 22.3. The van der Waals surface area contributed by atoms with E-state index in [9.17, 15) is 14.0 Å². The van der Waals surface area contributed by atoms with Gasteiger partial charge in [-0.3, -0.25) is 19.6 Å². The number of nitrogens with one attached hydrogen (secondary N) is 1. The number of likely N-dealkylation sites (tertiary alicyclic amines) is 1. The van der Waals surface area contributed by atoms with Crippen molar-refractivity contribution in [3.63, 3.8) is 0 Å². The van der Waals surface area contributed by atoms with Crippen molar-refractivity contribution in [2.24, 2.45) is 0 Å². The largest absolute Gasteiger partial charge is 0.494 e. The van der Waals surface area contributed by atoms with Crippen LogP contribution in [0.1, 0.15) is 34.3 Å². The van der Waals surface area contributed by atoms with Crippen LogP contribution in [0.2, 0.25) is 0 Å². The summed E-state index contributed by atoms with van der Waals surface area (Å²) in [6.45, 7) is 0.745. The molecule has 1 saturated heterocycles. The molecule has 41 heavy (non-hydrogen) atoms. The fraction of sp³-hybridized carbons (Fsp3) is 0.156. The summed E-state index contributed by atoms with van der Waals surface area (Å²) in [6, 6.07) is 16.4. The number of nitrogens with zero attached hydrogens (tertiary/aromatic N) is 4. The van der Waals surface area contributed by atoms with Crippen LogP contribution in [0.5, 0.6) is 5.75 Å². The van der Waals surface area contributed by atoms with Gasteiger partial charge < -0.3 is 14.6 Å². The maximum atomic E-state index is 14.2. The Balaban J connectivity index is 1.29. The Hall–Kier alpha value is -5.18. The fourth-order valence-electron chi connectivity index (χ4n) is 5.38. The first-order valence-electron chi connectivity index (χ1n) is 13.2. The van der Waals surface area contributed by atoms with E-state index in [2.05, 4.69) is 19.9 Å².